The van der Waals surface area contributed by atoms with Crippen LogP contribution in [0.2, 0.25) is 5.02 Å². The smallest absolute Gasteiger partial charge is 0.240 e. The molecule has 0 radical (unpaired) electrons. The van der Waals surface area contributed by atoms with Crippen molar-refractivity contribution in [3.05, 3.63) is 28.8 Å². The Kier molecular flexibility index (Phi) is 8.97. The zero-order valence-electron chi connectivity index (χ0n) is 18.3. The number of halogens is 1. The van der Waals surface area contributed by atoms with Crippen molar-refractivity contribution in [1.29, 1.82) is 0 Å². The molecule has 2 rings (SSSR count). The van der Waals surface area contributed by atoms with Crippen LogP contribution in [-0.2, 0) is 16.0 Å². The van der Waals surface area contributed by atoms with Gasteiger partial charge in [0.1, 0.15) is 11.9 Å². The first-order valence-electron chi connectivity index (χ1n) is 10.7. The van der Waals surface area contributed by atoms with Gasteiger partial charge >= 0.3 is 0 Å². The highest BCUT2D eigenvalue weighted by Gasteiger charge is 2.38. The molecule has 3 atom stereocenters. The van der Waals surface area contributed by atoms with Crippen LogP contribution >= 0.6 is 11.6 Å². The maximum absolute atomic E-state index is 12.9. The van der Waals surface area contributed by atoms with Gasteiger partial charge in [0.2, 0.25) is 5.91 Å². The number of rotatable bonds is 12. The van der Waals surface area contributed by atoms with Crippen LogP contribution in [0.1, 0.15) is 58.9 Å². The van der Waals surface area contributed by atoms with Gasteiger partial charge in [-0.2, -0.15) is 0 Å². The van der Waals surface area contributed by atoms with Gasteiger partial charge in [-0.25, -0.2) is 0 Å². The number of nitrogens with one attached hydrogen (secondary N) is 1. The highest BCUT2D eigenvalue weighted by Crippen LogP contribution is 2.33. The molecule has 0 bridgehead atoms. The molecule has 0 spiro atoms. The Labute approximate surface area is 180 Å². The van der Waals surface area contributed by atoms with Crippen molar-refractivity contribution in [2.75, 3.05) is 13.6 Å². The summed E-state index contributed by atoms with van der Waals surface area (Å²) in [5.41, 5.74) is 1.16. The summed E-state index contributed by atoms with van der Waals surface area (Å²) in [6, 6.07) is 5.12. The first-order chi connectivity index (χ1) is 13.7. The maximum atomic E-state index is 12.9. The monoisotopic (exact) mass is 422 g/mol. The van der Waals surface area contributed by atoms with E-state index in [2.05, 4.69) is 12.2 Å². The summed E-state index contributed by atoms with van der Waals surface area (Å²) in [5.74, 6) is 1.13. The van der Waals surface area contributed by atoms with E-state index in [9.17, 15) is 9.59 Å². The summed E-state index contributed by atoms with van der Waals surface area (Å²) in [5, 5.41) is 4.05. The van der Waals surface area contributed by atoms with E-state index in [1.165, 1.54) is 6.92 Å². The van der Waals surface area contributed by atoms with Gasteiger partial charge in [-0.3, -0.25) is 9.59 Å². The second kappa shape index (κ2) is 11.0. The molecule has 0 saturated heterocycles. The van der Waals surface area contributed by atoms with Crippen molar-refractivity contribution >= 4 is 23.3 Å². The topological polar surface area (TPSA) is 58.6 Å². The fraction of sp³-hybridized carbons (Fsp3) is 0.652. The summed E-state index contributed by atoms with van der Waals surface area (Å²) < 4.78 is 6.17. The quantitative estimate of drug-likeness (QED) is 0.547. The van der Waals surface area contributed by atoms with Gasteiger partial charge < -0.3 is 15.0 Å². The molecule has 5 nitrogen and oxygen atoms in total. The van der Waals surface area contributed by atoms with Crippen molar-refractivity contribution in [3.8, 4) is 5.75 Å². The van der Waals surface area contributed by atoms with Gasteiger partial charge in [0.15, 0.2) is 5.78 Å². The number of carbonyl (C=O) groups excluding carboxylic acids is 2. The van der Waals surface area contributed by atoms with Crippen molar-refractivity contribution < 1.29 is 14.3 Å². The third kappa shape index (κ3) is 7.00. The van der Waals surface area contributed by atoms with Crippen molar-refractivity contribution in [2.24, 2.45) is 5.92 Å². The van der Waals surface area contributed by atoms with Crippen LogP contribution in [-0.4, -0.2) is 48.4 Å². The SMILES string of the molecule is CCCCc1ccc(Cl)cc1O[C@H](C)CN[C@H](C(=O)N(C)[C@H](C)C(C)=O)C1CC1. The first-order valence-corrected chi connectivity index (χ1v) is 11.1. The molecular weight excluding hydrogens is 388 g/mol. The van der Waals surface area contributed by atoms with Gasteiger partial charge in [-0.15, -0.1) is 0 Å². The second-order valence-corrected chi connectivity index (χ2v) is 8.68. The second-order valence-electron chi connectivity index (χ2n) is 8.24. The van der Waals surface area contributed by atoms with Gasteiger partial charge in [0, 0.05) is 18.6 Å². The minimum atomic E-state index is -0.410. The van der Waals surface area contributed by atoms with Crippen molar-refractivity contribution in [1.82, 2.24) is 10.2 Å². The fourth-order valence-corrected chi connectivity index (χ4v) is 3.49. The number of hydrogen-bond acceptors (Lipinski definition) is 4. The highest BCUT2D eigenvalue weighted by molar-refractivity contribution is 6.30. The highest BCUT2D eigenvalue weighted by atomic mass is 35.5. The molecular formula is C23H35ClN2O3. The molecule has 0 heterocycles. The lowest BCUT2D eigenvalue weighted by atomic mass is 10.1. The lowest BCUT2D eigenvalue weighted by Gasteiger charge is -2.29. The minimum absolute atomic E-state index is 0.00679. The molecule has 162 valence electrons. The van der Waals surface area contributed by atoms with Crippen LogP contribution in [0.15, 0.2) is 18.2 Å². The van der Waals surface area contributed by atoms with Crippen LogP contribution in [0.25, 0.3) is 0 Å². The van der Waals surface area contributed by atoms with E-state index in [1.54, 1.807) is 18.9 Å². The van der Waals surface area contributed by atoms with Gasteiger partial charge in [-0.1, -0.05) is 31.0 Å². The van der Waals surface area contributed by atoms with Crippen LogP contribution in [0, 0.1) is 5.92 Å². The molecule has 1 aliphatic carbocycles. The van der Waals surface area contributed by atoms with Crippen molar-refractivity contribution in [2.45, 2.75) is 78.0 Å². The van der Waals surface area contributed by atoms with E-state index < -0.39 is 6.04 Å². The Balaban J connectivity index is 1.97. The van der Waals surface area contributed by atoms with Crippen LogP contribution in [0.3, 0.4) is 0 Å². The first kappa shape index (κ1) is 23.7. The summed E-state index contributed by atoms with van der Waals surface area (Å²) in [6.07, 6.45) is 5.14. The van der Waals surface area contributed by atoms with E-state index in [0.29, 0.717) is 17.5 Å². The number of Topliss-reactive ketones (excluding diaryl/α,β-unsaturated/α-hetero) is 1. The predicted molar refractivity (Wildman–Crippen MR) is 118 cm³/mol. The number of amides is 1. The molecule has 1 saturated carbocycles. The normalized spacial score (nSPS) is 16.8. The standard InChI is InChI=1S/C23H35ClN2O3/c1-6-7-8-18-11-12-20(24)13-21(18)29-15(2)14-25-22(19-9-10-19)23(28)26(5)16(3)17(4)27/h11-13,15-16,19,22,25H,6-10,14H2,1-5H3/t15-,16-,22+/m1/s1. The van der Waals surface area contributed by atoms with Gasteiger partial charge in [0.05, 0.1) is 12.1 Å². The molecule has 1 aromatic rings. The zero-order valence-corrected chi connectivity index (χ0v) is 19.1. The average molecular weight is 423 g/mol. The molecule has 1 fully saturated rings. The van der Waals surface area contributed by atoms with E-state index in [-0.39, 0.29) is 23.8 Å². The van der Waals surface area contributed by atoms with Gasteiger partial charge in [-0.05, 0) is 70.1 Å². The Morgan fingerprint density at radius 3 is 2.59 bits per heavy atom. The van der Waals surface area contributed by atoms with E-state index >= 15 is 0 Å². The molecule has 0 unspecified atom stereocenters. The number of unbranched alkanes of at least 4 members (excludes halogenated alkanes) is 1. The molecule has 1 N–H and O–H groups in total. The fourth-order valence-electron chi connectivity index (χ4n) is 3.33. The molecule has 29 heavy (non-hydrogen) atoms. The molecule has 1 aliphatic rings. The number of carbonyl (C=O) groups is 2. The number of hydrogen-bond donors (Lipinski definition) is 1. The average Bonchev–Trinajstić information content (AvgIpc) is 3.51. The van der Waals surface area contributed by atoms with Gasteiger partial charge in [0.25, 0.3) is 0 Å². The summed E-state index contributed by atoms with van der Waals surface area (Å²) in [6.45, 7) is 8.00. The van der Waals surface area contributed by atoms with Crippen LogP contribution in [0.5, 0.6) is 5.75 Å². The van der Waals surface area contributed by atoms with Crippen LogP contribution in [0.4, 0.5) is 0 Å². The number of likely N-dealkylation sites (N-methyl/N-ethyl adjacent to an activating group) is 1. The third-order valence-electron chi connectivity index (χ3n) is 5.66. The van der Waals surface area contributed by atoms with E-state index in [4.69, 9.17) is 16.3 Å². The predicted octanol–water partition coefficient (Wildman–Crippen LogP) is 4.25. The van der Waals surface area contributed by atoms with E-state index in [1.807, 2.05) is 25.1 Å². The largest absolute Gasteiger partial charge is 0.489 e. The third-order valence-corrected chi connectivity index (χ3v) is 5.89. The summed E-state index contributed by atoms with van der Waals surface area (Å²) in [7, 11) is 1.71. The van der Waals surface area contributed by atoms with Crippen molar-refractivity contribution in [3.63, 3.8) is 0 Å². The maximum Gasteiger partial charge on any atom is 0.240 e. The zero-order chi connectivity index (χ0) is 21.6. The summed E-state index contributed by atoms with van der Waals surface area (Å²) in [4.78, 5) is 26.1. The summed E-state index contributed by atoms with van der Waals surface area (Å²) >= 11 is 6.17. The molecule has 0 aromatic heterocycles. The number of nitrogens with zero attached hydrogens (tertiary/aromatic N) is 1. The Hall–Kier alpha value is -1.59. The lowest BCUT2D eigenvalue weighted by molar-refractivity contribution is -0.139. The molecule has 0 aliphatic heterocycles. The number of ether oxygens (including phenoxy) is 1. The Bertz CT molecular complexity index is 705. The molecule has 6 heteroatoms. The Morgan fingerprint density at radius 2 is 2.00 bits per heavy atom. The number of aryl methyl sites for hydroxylation is 1. The van der Waals surface area contributed by atoms with Crippen LogP contribution < -0.4 is 10.1 Å². The minimum Gasteiger partial charge on any atom is -0.489 e. The number of ketones is 1. The Morgan fingerprint density at radius 1 is 1.31 bits per heavy atom. The molecule has 1 aromatic carbocycles. The molecule has 1 amide bonds. The van der Waals surface area contributed by atoms with E-state index in [0.717, 1.165) is 43.4 Å². The number of benzene rings is 1. The lowest BCUT2D eigenvalue weighted by Crippen LogP contribution is -2.52.